The van der Waals surface area contributed by atoms with Gasteiger partial charge in [-0.3, -0.25) is 20.2 Å². The fourth-order valence-electron chi connectivity index (χ4n) is 2.31. The summed E-state index contributed by atoms with van der Waals surface area (Å²) in [5.41, 5.74) is -0.829. The van der Waals surface area contributed by atoms with Gasteiger partial charge in [0.05, 0.1) is 27.9 Å². The molecule has 0 unspecified atom stereocenters. The molecule has 0 N–H and O–H groups in total. The lowest BCUT2D eigenvalue weighted by atomic mass is 10.2. The monoisotopic (exact) mass is 280 g/mol. The second-order valence-electron chi connectivity index (χ2n) is 4.36. The van der Waals surface area contributed by atoms with Crippen LogP contribution in [0.5, 0.6) is 0 Å². The van der Waals surface area contributed by atoms with Crippen molar-refractivity contribution in [3.8, 4) is 0 Å². The van der Waals surface area contributed by atoms with E-state index in [2.05, 4.69) is 0 Å². The zero-order valence-electron chi connectivity index (χ0n) is 10.2. The first-order valence-corrected chi connectivity index (χ1v) is 5.82. The fraction of sp³-hybridized carbons (Fsp3) is 0.364. The van der Waals surface area contributed by atoms with Gasteiger partial charge in [0.25, 0.3) is 11.4 Å². The van der Waals surface area contributed by atoms with Crippen LogP contribution < -0.4 is 10.0 Å². The molecule has 1 fully saturated rings. The molecule has 0 bridgehead atoms. The normalized spacial score (nSPS) is 18.0. The largest absolute Gasteiger partial charge is 0.548 e. The van der Waals surface area contributed by atoms with Crippen LogP contribution in [0.4, 0.5) is 17.1 Å². The van der Waals surface area contributed by atoms with E-state index in [1.807, 2.05) is 0 Å². The molecule has 0 spiro atoms. The van der Waals surface area contributed by atoms with Gasteiger partial charge in [-0.15, -0.1) is 0 Å². The second-order valence-corrected chi connectivity index (χ2v) is 4.36. The number of non-ortho nitro benzene ring substituents is 1. The zero-order valence-corrected chi connectivity index (χ0v) is 10.2. The van der Waals surface area contributed by atoms with Crippen molar-refractivity contribution >= 4 is 23.0 Å². The third-order valence-electron chi connectivity index (χ3n) is 3.20. The molecule has 1 heterocycles. The second kappa shape index (κ2) is 5.11. The first-order chi connectivity index (χ1) is 9.41. The van der Waals surface area contributed by atoms with E-state index in [0.29, 0.717) is 19.4 Å². The molecule has 1 aromatic rings. The number of rotatable bonds is 4. The third kappa shape index (κ3) is 2.37. The van der Waals surface area contributed by atoms with E-state index < -0.39 is 33.2 Å². The number of carboxylic acid groups (broad SMARTS) is 1. The van der Waals surface area contributed by atoms with Crippen LogP contribution in [-0.4, -0.2) is 28.4 Å². The highest BCUT2D eigenvalue weighted by atomic mass is 16.6. The molecule has 1 atom stereocenters. The molecule has 0 radical (unpaired) electrons. The van der Waals surface area contributed by atoms with E-state index in [1.54, 1.807) is 0 Å². The predicted octanol–water partition coefficient (Wildman–Crippen LogP) is 0.222. The number of nitro groups is 2. The SMILES string of the molecule is O=C([O-])[C@H]1CCCN1c1ccc([N+](=O)[O-])cc1[N+](=O)[O-]. The minimum atomic E-state index is -1.31. The van der Waals surface area contributed by atoms with Crippen LogP contribution in [0.15, 0.2) is 18.2 Å². The van der Waals surface area contributed by atoms with Crippen LogP contribution in [0, 0.1) is 20.2 Å². The molecule has 106 valence electrons. The Morgan fingerprint density at radius 1 is 1.25 bits per heavy atom. The summed E-state index contributed by atoms with van der Waals surface area (Å²) in [6.07, 6.45) is 0.892. The van der Waals surface area contributed by atoms with Gasteiger partial charge in [0.1, 0.15) is 5.69 Å². The van der Waals surface area contributed by atoms with Gasteiger partial charge in [0.2, 0.25) is 0 Å². The number of aliphatic carboxylic acids is 1. The van der Waals surface area contributed by atoms with Crippen LogP contribution in [-0.2, 0) is 4.79 Å². The Kier molecular flexibility index (Phi) is 3.51. The van der Waals surface area contributed by atoms with E-state index >= 15 is 0 Å². The van der Waals surface area contributed by atoms with Crippen molar-refractivity contribution in [1.29, 1.82) is 0 Å². The number of nitro benzene ring substituents is 2. The maximum atomic E-state index is 11.0. The van der Waals surface area contributed by atoms with Crippen LogP contribution in [0.25, 0.3) is 0 Å². The third-order valence-corrected chi connectivity index (χ3v) is 3.20. The summed E-state index contributed by atoms with van der Waals surface area (Å²) in [5.74, 6) is -1.31. The van der Waals surface area contributed by atoms with Crippen LogP contribution in [0.1, 0.15) is 12.8 Å². The summed E-state index contributed by atoms with van der Waals surface area (Å²) in [5, 5.41) is 32.7. The van der Waals surface area contributed by atoms with E-state index in [1.165, 1.54) is 11.0 Å². The Labute approximate surface area is 112 Å². The lowest BCUT2D eigenvalue weighted by Crippen LogP contribution is -2.44. The molecule has 1 aromatic carbocycles. The van der Waals surface area contributed by atoms with Crippen molar-refractivity contribution < 1.29 is 19.7 Å². The molecule has 1 aliphatic heterocycles. The van der Waals surface area contributed by atoms with Gasteiger partial charge >= 0.3 is 0 Å². The van der Waals surface area contributed by atoms with Gasteiger partial charge < -0.3 is 14.8 Å². The van der Waals surface area contributed by atoms with E-state index in [0.717, 1.165) is 12.1 Å². The van der Waals surface area contributed by atoms with E-state index in [-0.39, 0.29) is 5.69 Å². The number of carboxylic acids is 1. The van der Waals surface area contributed by atoms with Crippen molar-refractivity contribution in [2.45, 2.75) is 18.9 Å². The molecule has 1 aliphatic rings. The van der Waals surface area contributed by atoms with Crippen molar-refractivity contribution in [2.24, 2.45) is 0 Å². The summed E-state index contributed by atoms with van der Waals surface area (Å²) in [6, 6.07) is 2.21. The molecule has 0 amide bonds. The predicted molar refractivity (Wildman–Crippen MR) is 65.1 cm³/mol. The molecule has 2 rings (SSSR count). The number of nitrogens with zero attached hydrogens (tertiary/aromatic N) is 3. The minimum absolute atomic E-state index is 0.0623. The van der Waals surface area contributed by atoms with Gasteiger partial charge in [-0.25, -0.2) is 0 Å². The van der Waals surface area contributed by atoms with Crippen LogP contribution in [0.2, 0.25) is 0 Å². The first-order valence-electron chi connectivity index (χ1n) is 5.82. The van der Waals surface area contributed by atoms with Gasteiger partial charge in [-0.2, -0.15) is 0 Å². The summed E-state index contributed by atoms with van der Waals surface area (Å²) in [7, 11) is 0. The molecular formula is C11H10N3O6-. The summed E-state index contributed by atoms with van der Waals surface area (Å²) in [4.78, 5) is 32.5. The highest BCUT2D eigenvalue weighted by Crippen LogP contribution is 2.35. The van der Waals surface area contributed by atoms with Crippen molar-refractivity contribution in [1.82, 2.24) is 0 Å². The summed E-state index contributed by atoms with van der Waals surface area (Å²) in [6.45, 7) is 0.331. The Morgan fingerprint density at radius 2 is 1.95 bits per heavy atom. The number of benzene rings is 1. The molecule has 0 aromatic heterocycles. The Bertz CT molecular complexity index is 588. The highest BCUT2D eigenvalue weighted by Gasteiger charge is 2.31. The van der Waals surface area contributed by atoms with Crippen molar-refractivity contribution in [2.75, 3.05) is 11.4 Å². The molecular weight excluding hydrogens is 270 g/mol. The molecule has 9 heteroatoms. The topological polar surface area (TPSA) is 130 Å². The number of hydrogen-bond acceptors (Lipinski definition) is 7. The standard InChI is InChI=1S/C11H11N3O6/c15-11(16)9-2-1-5-12(9)8-4-3-7(13(17)18)6-10(8)14(19)20/h3-4,6,9H,1-2,5H2,(H,15,16)/p-1/t9-/m1/s1. The maximum absolute atomic E-state index is 11.0. The lowest BCUT2D eigenvalue weighted by molar-refractivity contribution is -0.393. The maximum Gasteiger partial charge on any atom is 0.299 e. The van der Waals surface area contributed by atoms with Crippen molar-refractivity contribution in [3.05, 3.63) is 38.4 Å². The number of carbonyl (C=O) groups excluding carboxylic acids is 1. The van der Waals surface area contributed by atoms with Gasteiger partial charge in [0.15, 0.2) is 0 Å². The first kappa shape index (κ1) is 13.7. The molecule has 0 aliphatic carbocycles. The van der Waals surface area contributed by atoms with E-state index in [9.17, 15) is 30.1 Å². The summed E-state index contributed by atoms with van der Waals surface area (Å²) < 4.78 is 0. The molecule has 1 saturated heterocycles. The summed E-state index contributed by atoms with van der Waals surface area (Å²) >= 11 is 0. The van der Waals surface area contributed by atoms with Gasteiger partial charge in [-0.1, -0.05) is 0 Å². The number of hydrogen-bond donors (Lipinski definition) is 0. The van der Waals surface area contributed by atoms with Gasteiger partial charge in [-0.05, 0) is 18.9 Å². The fourth-order valence-corrected chi connectivity index (χ4v) is 2.31. The number of carbonyl (C=O) groups is 1. The molecule has 20 heavy (non-hydrogen) atoms. The Morgan fingerprint density at radius 3 is 2.50 bits per heavy atom. The molecule has 9 nitrogen and oxygen atoms in total. The van der Waals surface area contributed by atoms with Crippen LogP contribution in [0.3, 0.4) is 0 Å². The molecule has 0 saturated carbocycles. The van der Waals surface area contributed by atoms with Crippen LogP contribution >= 0.6 is 0 Å². The Balaban J connectivity index is 2.48. The minimum Gasteiger partial charge on any atom is -0.548 e. The lowest BCUT2D eigenvalue weighted by Gasteiger charge is -2.26. The average Bonchev–Trinajstić information content (AvgIpc) is 2.86. The average molecular weight is 280 g/mol. The Hall–Kier alpha value is -2.71. The van der Waals surface area contributed by atoms with E-state index in [4.69, 9.17) is 0 Å². The smallest absolute Gasteiger partial charge is 0.299 e. The number of anilines is 1. The zero-order chi connectivity index (χ0) is 14.9. The highest BCUT2D eigenvalue weighted by molar-refractivity contribution is 5.80. The quantitative estimate of drug-likeness (QED) is 0.569. The van der Waals surface area contributed by atoms with Crippen molar-refractivity contribution in [3.63, 3.8) is 0 Å². The van der Waals surface area contributed by atoms with Gasteiger partial charge in [0, 0.05) is 12.6 Å².